The Morgan fingerprint density at radius 3 is 2.44 bits per heavy atom. The second-order valence-corrected chi connectivity index (χ2v) is 7.69. The van der Waals surface area contributed by atoms with Crippen molar-refractivity contribution >= 4 is 5.69 Å². The number of rotatable bonds is 6. The van der Waals surface area contributed by atoms with Gasteiger partial charge in [-0.2, -0.15) is 0 Å². The van der Waals surface area contributed by atoms with Crippen LogP contribution in [0.2, 0.25) is 0 Å². The molecule has 0 fully saturated rings. The van der Waals surface area contributed by atoms with Crippen LogP contribution in [0.1, 0.15) is 61.1 Å². The second-order valence-electron chi connectivity index (χ2n) is 7.69. The molecule has 0 aliphatic carbocycles. The van der Waals surface area contributed by atoms with Gasteiger partial charge in [-0.1, -0.05) is 38.0 Å². The summed E-state index contributed by atoms with van der Waals surface area (Å²) >= 11 is 0. The Hall–Kier alpha value is -2.07. The summed E-state index contributed by atoms with van der Waals surface area (Å²) in [4.78, 5) is 7.11. The third-order valence-corrected chi connectivity index (χ3v) is 5.31. The zero-order valence-electron chi connectivity index (χ0n) is 17.6. The number of pyridine rings is 1. The van der Waals surface area contributed by atoms with E-state index in [4.69, 9.17) is 14.5 Å². The van der Waals surface area contributed by atoms with Gasteiger partial charge >= 0.3 is 0 Å². The summed E-state index contributed by atoms with van der Waals surface area (Å²) in [6.07, 6.45) is 3.43. The highest BCUT2D eigenvalue weighted by atomic mass is 16.5. The first-order chi connectivity index (χ1) is 12.9. The molecule has 27 heavy (non-hydrogen) atoms. The molecule has 1 aromatic heterocycles. The maximum absolute atomic E-state index is 6.38. The normalized spacial score (nSPS) is 14.8. The molecule has 0 saturated heterocycles. The molecule has 2 aromatic rings. The Morgan fingerprint density at radius 1 is 1.11 bits per heavy atom. The standard InChI is InChI=1S/C23H32N2O2/c1-7-9-19(8-2)25-14-26-13-20-21(25)12-18(6)24-23(20)27-22-16(4)10-15(3)11-17(22)5/h10-12,19H,7-9,13-14H2,1-6H3. The van der Waals surface area contributed by atoms with E-state index < -0.39 is 0 Å². The first-order valence-corrected chi connectivity index (χ1v) is 10.0. The van der Waals surface area contributed by atoms with Gasteiger partial charge in [-0.05, 0) is 57.7 Å². The maximum Gasteiger partial charge on any atom is 0.227 e. The molecule has 0 bridgehead atoms. The molecule has 0 saturated carbocycles. The van der Waals surface area contributed by atoms with Crippen molar-refractivity contribution in [2.45, 2.75) is 73.5 Å². The summed E-state index contributed by atoms with van der Waals surface area (Å²) in [6.45, 7) is 14.0. The van der Waals surface area contributed by atoms with Crippen LogP contribution in [0.4, 0.5) is 5.69 Å². The fraction of sp³-hybridized carbons (Fsp3) is 0.522. The van der Waals surface area contributed by atoms with Crippen LogP contribution in [-0.4, -0.2) is 17.8 Å². The Morgan fingerprint density at radius 2 is 1.81 bits per heavy atom. The SMILES string of the molecule is CCCC(CC)N1COCc2c1cc(C)nc2Oc1c(C)cc(C)cc1C. The Bertz CT molecular complexity index is 793. The van der Waals surface area contributed by atoms with Crippen molar-refractivity contribution in [1.29, 1.82) is 0 Å². The van der Waals surface area contributed by atoms with Gasteiger partial charge in [0.15, 0.2) is 0 Å². The van der Waals surface area contributed by atoms with Crippen LogP contribution < -0.4 is 9.64 Å². The smallest absolute Gasteiger partial charge is 0.227 e. The molecular formula is C23H32N2O2. The lowest BCUT2D eigenvalue weighted by Gasteiger charge is -2.37. The van der Waals surface area contributed by atoms with Crippen LogP contribution in [0.25, 0.3) is 0 Å². The van der Waals surface area contributed by atoms with Gasteiger partial charge in [0.1, 0.15) is 12.5 Å². The number of fused-ring (bicyclic) bond motifs is 1. The highest BCUT2D eigenvalue weighted by Crippen LogP contribution is 2.38. The summed E-state index contributed by atoms with van der Waals surface area (Å²) in [5, 5.41) is 0. The number of aryl methyl sites for hydroxylation is 4. The van der Waals surface area contributed by atoms with Crippen molar-refractivity contribution in [1.82, 2.24) is 4.98 Å². The van der Waals surface area contributed by atoms with Gasteiger partial charge in [-0.3, -0.25) is 0 Å². The first-order valence-electron chi connectivity index (χ1n) is 10.0. The minimum absolute atomic E-state index is 0.478. The molecular weight excluding hydrogens is 336 g/mol. The van der Waals surface area contributed by atoms with E-state index in [-0.39, 0.29) is 0 Å². The number of hydrogen-bond donors (Lipinski definition) is 0. The summed E-state index contributed by atoms with van der Waals surface area (Å²) in [5.74, 6) is 1.58. The first kappa shape index (κ1) is 19.7. The number of ether oxygens (including phenoxy) is 2. The number of benzene rings is 1. The van der Waals surface area contributed by atoms with E-state index in [1.807, 2.05) is 6.92 Å². The van der Waals surface area contributed by atoms with Crippen molar-refractivity contribution in [2.24, 2.45) is 0 Å². The number of aromatic nitrogens is 1. The molecule has 146 valence electrons. The Kier molecular flexibility index (Phi) is 6.05. The van der Waals surface area contributed by atoms with E-state index in [2.05, 4.69) is 57.7 Å². The van der Waals surface area contributed by atoms with Gasteiger partial charge in [0.25, 0.3) is 0 Å². The van der Waals surface area contributed by atoms with Crippen LogP contribution in [0, 0.1) is 27.7 Å². The van der Waals surface area contributed by atoms with E-state index in [1.54, 1.807) is 0 Å². The van der Waals surface area contributed by atoms with Crippen molar-refractivity contribution < 1.29 is 9.47 Å². The summed E-state index contributed by atoms with van der Waals surface area (Å²) in [6, 6.07) is 6.97. The van der Waals surface area contributed by atoms with Crippen LogP contribution in [0.15, 0.2) is 18.2 Å². The fourth-order valence-electron chi connectivity index (χ4n) is 4.09. The minimum Gasteiger partial charge on any atom is -0.438 e. The molecule has 2 heterocycles. The second kappa shape index (κ2) is 8.30. The highest BCUT2D eigenvalue weighted by molar-refractivity contribution is 5.60. The largest absolute Gasteiger partial charge is 0.438 e. The van der Waals surface area contributed by atoms with Gasteiger partial charge in [0.05, 0.1) is 17.9 Å². The fourth-order valence-corrected chi connectivity index (χ4v) is 4.09. The molecule has 1 unspecified atom stereocenters. The van der Waals surface area contributed by atoms with E-state index in [0.29, 0.717) is 25.3 Å². The summed E-state index contributed by atoms with van der Waals surface area (Å²) in [5.41, 5.74) is 6.76. The third-order valence-electron chi connectivity index (χ3n) is 5.31. The van der Waals surface area contributed by atoms with E-state index in [9.17, 15) is 0 Å². The van der Waals surface area contributed by atoms with Crippen molar-refractivity contribution in [3.8, 4) is 11.6 Å². The molecule has 4 nitrogen and oxygen atoms in total. The maximum atomic E-state index is 6.38. The Balaban J connectivity index is 2.03. The zero-order chi connectivity index (χ0) is 19.6. The zero-order valence-corrected chi connectivity index (χ0v) is 17.6. The van der Waals surface area contributed by atoms with Gasteiger partial charge in [0.2, 0.25) is 5.88 Å². The van der Waals surface area contributed by atoms with Crippen molar-refractivity contribution in [3.63, 3.8) is 0 Å². The van der Waals surface area contributed by atoms with Gasteiger partial charge in [0, 0.05) is 11.7 Å². The predicted molar refractivity (Wildman–Crippen MR) is 111 cm³/mol. The molecule has 1 atom stereocenters. The topological polar surface area (TPSA) is 34.6 Å². The van der Waals surface area contributed by atoms with Crippen molar-refractivity contribution in [3.05, 3.63) is 46.1 Å². The number of nitrogens with zero attached hydrogens (tertiary/aromatic N) is 2. The average Bonchev–Trinajstić information content (AvgIpc) is 2.62. The van der Waals surface area contributed by atoms with Gasteiger partial charge in [-0.15, -0.1) is 0 Å². The van der Waals surface area contributed by atoms with Gasteiger partial charge < -0.3 is 14.4 Å². The van der Waals surface area contributed by atoms with Crippen LogP contribution in [-0.2, 0) is 11.3 Å². The van der Waals surface area contributed by atoms with E-state index in [1.165, 1.54) is 17.7 Å². The average molecular weight is 369 g/mol. The quantitative estimate of drug-likeness (QED) is 0.628. The molecule has 0 amide bonds. The van der Waals surface area contributed by atoms with Crippen molar-refractivity contribution in [2.75, 3.05) is 11.6 Å². The monoisotopic (exact) mass is 368 g/mol. The molecule has 1 aliphatic rings. The molecule has 0 spiro atoms. The number of anilines is 1. The molecule has 3 rings (SSSR count). The molecule has 4 heteroatoms. The van der Waals surface area contributed by atoms with Gasteiger partial charge in [-0.25, -0.2) is 4.98 Å². The lowest BCUT2D eigenvalue weighted by molar-refractivity contribution is 0.100. The lowest BCUT2D eigenvalue weighted by atomic mass is 10.0. The third kappa shape index (κ3) is 4.11. The molecule has 1 aliphatic heterocycles. The minimum atomic E-state index is 0.478. The Labute approximate surface area is 163 Å². The van der Waals surface area contributed by atoms with Crippen LogP contribution in [0.3, 0.4) is 0 Å². The highest BCUT2D eigenvalue weighted by Gasteiger charge is 2.27. The summed E-state index contributed by atoms with van der Waals surface area (Å²) in [7, 11) is 0. The van der Waals surface area contributed by atoms with Crippen LogP contribution in [0.5, 0.6) is 11.6 Å². The summed E-state index contributed by atoms with van der Waals surface area (Å²) < 4.78 is 12.3. The van der Waals surface area contributed by atoms with Crippen LogP contribution >= 0.6 is 0 Å². The molecule has 1 aromatic carbocycles. The number of hydrogen-bond acceptors (Lipinski definition) is 4. The lowest BCUT2D eigenvalue weighted by Crippen LogP contribution is -2.40. The molecule has 0 N–H and O–H groups in total. The van der Waals surface area contributed by atoms with E-state index in [0.717, 1.165) is 41.0 Å². The van der Waals surface area contributed by atoms with E-state index >= 15 is 0 Å². The molecule has 0 radical (unpaired) electrons. The predicted octanol–water partition coefficient (Wildman–Crippen LogP) is 5.98.